The van der Waals surface area contributed by atoms with Crippen LogP contribution < -0.4 is 0 Å². The van der Waals surface area contributed by atoms with E-state index in [2.05, 4.69) is 75.4 Å². The SMILES string of the molecule is CCC(CCCCC(C)c1ccccc1)(CC(C)c1ccccc1)C1CC(=O)N(Cc2ccoc2)C1=O. The molecule has 4 unspecified atom stereocenters. The maximum atomic E-state index is 13.8. The summed E-state index contributed by atoms with van der Waals surface area (Å²) in [7, 11) is 0. The molecule has 1 aromatic heterocycles. The highest BCUT2D eigenvalue weighted by molar-refractivity contribution is 6.03. The van der Waals surface area contributed by atoms with Crippen LogP contribution in [0.25, 0.3) is 0 Å². The maximum absolute atomic E-state index is 13.8. The zero-order valence-electron chi connectivity index (χ0n) is 22.6. The molecule has 2 heterocycles. The molecule has 3 aromatic rings. The van der Waals surface area contributed by atoms with Crippen molar-refractivity contribution < 1.29 is 14.0 Å². The van der Waals surface area contributed by atoms with Gasteiger partial charge in [-0.3, -0.25) is 14.5 Å². The summed E-state index contributed by atoms with van der Waals surface area (Å²) in [5.41, 5.74) is 3.33. The molecular formula is C33H41NO3. The quantitative estimate of drug-likeness (QED) is 0.176. The van der Waals surface area contributed by atoms with Gasteiger partial charge in [0.05, 0.1) is 25.0 Å². The number of likely N-dealkylation sites (tertiary alicyclic amines) is 1. The van der Waals surface area contributed by atoms with Crippen molar-refractivity contribution in [2.45, 2.75) is 84.1 Å². The van der Waals surface area contributed by atoms with E-state index in [0.29, 0.717) is 24.8 Å². The van der Waals surface area contributed by atoms with Gasteiger partial charge in [-0.25, -0.2) is 0 Å². The Hall–Kier alpha value is -3.14. The molecule has 2 amide bonds. The lowest BCUT2D eigenvalue weighted by Crippen LogP contribution is -2.38. The van der Waals surface area contributed by atoms with Crippen LogP contribution in [0.1, 0.15) is 94.2 Å². The zero-order chi connectivity index (χ0) is 26.3. The van der Waals surface area contributed by atoms with Gasteiger partial charge in [0, 0.05) is 12.0 Å². The van der Waals surface area contributed by atoms with Crippen molar-refractivity contribution in [2.24, 2.45) is 11.3 Å². The fourth-order valence-electron chi connectivity index (χ4n) is 6.26. The third kappa shape index (κ3) is 6.41. The fourth-order valence-corrected chi connectivity index (χ4v) is 6.26. The number of rotatable bonds is 13. The van der Waals surface area contributed by atoms with Crippen LogP contribution in [-0.2, 0) is 16.1 Å². The molecule has 4 nitrogen and oxygen atoms in total. The molecule has 0 radical (unpaired) electrons. The van der Waals surface area contributed by atoms with Crippen LogP contribution in [0.3, 0.4) is 0 Å². The Morgan fingerprint density at radius 2 is 1.57 bits per heavy atom. The second-order valence-corrected chi connectivity index (χ2v) is 11.0. The largest absolute Gasteiger partial charge is 0.472 e. The smallest absolute Gasteiger partial charge is 0.233 e. The van der Waals surface area contributed by atoms with E-state index < -0.39 is 0 Å². The molecule has 2 aromatic carbocycles. The van der Waals surface area contributed by atoms with E-state index in [9.17, 15) is 9.59 Å². The van der Waals surface area contributed by atoms with Crippen LogP contribution in [0.15, 0.2) is 83.7 Å². The first-order valence-electron chi connectivity index (χ1n) is 13.9. The zero-order valence-corrected chi connectivity index (χ0v) is 22.6. The van der Waals surface area contributed by atoms with Gasteiger partial charge in [0.2, 0.25) is 11.8 Å². The first-order valence-corrected chi connectivity index (χ1v) is 13.9. The lowest BCUT2D eigenvalue weighted by molar-refractivity contribution is -0.141. The highest BCUT2D eigenvalue weighted by atomic mass is 16.3. The molecule has 0 spiro atoms. The normalized spacial score (nSPS) is 19.1. The molecule has 0 N–H and O–H groups in total. The van der Waals surface area contributed by atoms with Gasteiger partial charge in [-0.2, -0.15) is 0 Å². The summed E-state index contributed by atoms with van der Waals surface area (Å²) in [6.45, 7) is 7.07. The first-order chi connectivity index (χ1) is 17.9. The van der Waals surface area contributed by atoms with E-state index in [1.807, 2.05) is 12.1 Å². The van der Waals surface area contributed by atoms with Gasteiger partial charge in [0.25, 0.3) is 0 Å². The molecule has 4 heteroatoms. The minimum absolute atomic E-state index is 0.00837. The standard InChI is InChI=1S/C33H41NO3/c1-4-33(22-26(3)29-16-9-6-10-17-29,19-12-11-13-25(2)28-14-7-5-8-15-28)30-21-31(35)34(32(30)36)23-27-18-20-37-24-27/h5-10,14-18,20,24-26,30H,4,11-13,19,21-23H2,1-3H3. The summed E-state index contributed by atoms with van der Waals surface area (Å²) in [6, 6.07) is 23.1. The first kappa shape index (κ1) is 26.9. The van der Waals surface area contributed by atoms with Gasteiger partial charge in [0.1, 0.15) is 0 Å². The van der Waals surface area contributed by atoms with Crippen LogP contribution in [0, 0.1) is 11.3 Å². The Morgan fingerprint density at radius 3 is 2.16 bits per heavy atom. The molecule has 0 saturated carbocycles. The topological polar surface area (TPSA) is 50.5 Å². The van der Waals surface area contributed by atoms with Gasteiger partial charge in [-0.1, -0.05) is 94.3 Å². The van der Waals surface area contributed by atoms with E-state index in [0.717, 1.165) is 44.1 Å². The summed E-state index contributed by atoms with van der Waals surface area (Å²) in [5, 5.41) is 0. The average molecular weight is 500 g/mol. The Balaban J connectivity index is 1.50. The number of benzene rings is 2. The minimum atomic E-state index is -0.269. The molecule has 1 fully saturated rings. The molecule has 1 aliphatic rings. The van der Waals surface area contributed by atoms with Crippen molar-refractivity contribution in [3.05, 3.63) is 95.9 Å². The highest BCUT2D eigenvalue weighted by Crippen LogP contribution is 2.49. The van der Waals surface area contributed by atoms with Gasteiger partial charge in [-0.05, 0) is 60.1 Å². The maximum Gasteiger partial charge on any atom is 0.233 e. The number of hydrogen-bond donors (Lipinski definition) is 0. The molecule has 196 valence electrons. The number of nitrogens with zero attached hydrogens (tertiary/aromatic N) is 1. The number of imide groups is 1. The summed E-state index contributed by atoms with van der Waals surface area (Å²) in [6.07, 6.45) is 9.59. The summed E-state index contributed by atoms with van der Waals surface area (Å²) in [5.74, 6) is 0.496. The van der Waals surface area contributed by atoms with Crippen LogP contribution in [-0.4, -0.2) is 16.7 Å². The van der Waals surface area contributed by atoms with E-state index in [-0.39, 0.29) is 23.1 Å². The van der Waals surface area contributed by atoms with Crippen LogP contribution >= 0.6 is 0 Å². The number of carbonyl (C=O) groups excluding carboxylic acids is 2. The summed E-state index contributed by atoms with van der Waals surface area (Å²) >= 11 is 0. The second-order valence-electron chi connectivity index (χ2n) is 11.0. The molecule has 0 aliphatic carbocycles. The van der Waals surface area contributed by atoms with Crippen LogP contribution in [0.2, 0.25) is 0 Å². The van der Waals surface area contributed by atoms with Crippen molar-refractivity contribution in [2.75, 3.05) is 0 Å². The molecule has 1 aliphatic heterocycles. The van der Waals surface area contributed by atoms with Crippen molar-refractivity contribution in [1.29, 1.82) is 0 Å². The predicted molar refractivity (Wildman–Crippen MR) is 148 cm³/mol. The summed E-state index contributed by atoms with van der Waals surface area (Å²) < 4.78 is 5.18. The fraction of sp³-hybridized carbons (Fsp3) is 0.455. The van der Waals surface area contributed by atoms with Crippen molar-refractivity contribution in [3.63, 3.8) is 0 Å². The molecule has 0 bridgehead atoms. The predicted octanol–water partition coefficient (Wildman–Crippen LogP) is 8.11. The van der Waals surface area contributed by atoms with Crippen molar-refractivity contribution >= 4 is 11.8 Å². The summed E-state index contributed by atoms with van der Waals surface area (Å²) in [4.78, 5) is 28.3. The van der Waals surface area contributed by atoms with E-state index in [1.54, 1.807) is 12.5 Å². The molecular weight excluding hydrogens is 458 g/mol. The van der Waals surface area contributed by atoms with E-state index in [4.69, 9.17) is 4.42 Å². The number of furan rings is 1. The van der Waals surface area contributed by atoms with Crippen LogP contribution in [0.5, 0.6) is 0 Å². The molecule has 37 heavy (non-hydrogen) atoms. The second kappa shape index (κ2) is 12.4. The lowest BCUT2D eigenvalue weighted by Gasteiger charge is -2.40. The molecule has 4 rings (SSSR count). The third-order valence-electron chi connectivity index (χ3n) is 8.62. The van der Waals surface area contributed by atoms with Crippen molar-refractivity contribution in [1.82, 2.24) is 4.90 Å². The monoisotopic (exact) mass is 499 g/mol. The number of amides is 2. The van der Waals surface area contributed by atoms with Crippen LogP contribution in [0.4, 0.5) is 0 Å². The average Bonchev–Trinajstić information content (AvgIpc) is 3.55. The Bertz CT molecular complexity index is 1120. The van der Waals surface area contributed by atoms with E-state index >= 15 is 0 Å². The van der Waals surface area contributed by atoms with E-state index in [1.165, 1.54) is 16.0 Å². The Morgan fingerprint density at radius 1 is 0.919 bits per heavy atom. The van der Waals surface area contributed by atoms with Gasteiger partial charge >= 0.3 is 0 Å². The Labute approximate surface area is 222 Å². The van der Waals surface area contributed by atoms with Gasteiger partial charge in [0.15, 0.2) is 0 Å². The Kier molecular flexibility index (Phi) is 9.02. The number of carbonyl (C=O) groups is 2. The van der Waals surface area contributed by atoms with Crippen molar-refractivity contribution in [3.8, 4) is 0 Å². The molecule has 4 atom stereocenters. The third-order valence-corrected chi connectivity index (χ3v) is 8.62. The minimum Gasteiger partial charge on any atom is -0.472 e. The van der Waals surface area contributed by atoms with Gasteiger partial charge < -0.3 is 4.42 Å². The number of hydrogen-bond acceptors (Lipinski definition) is 3. The highest BCUT2D eigenvalue weighted by Gasteiger charge is 2.50. The van der Waals surface area contributed by atoms with Gasteiger partial charge in [-0.15, -0.1) is 0 Å². The lowest BCUT2D eigenvalue weighted by atomic mass is 9.64. The number of unbranched alkanes of at least 4 members (excludes halogenated alkanes) is 1. The molecule has 1 saturated heterocycles.